The van der Waals surface area contributed by atoms with Crippen molar-refractivity contribution in [1.29, 1.82) is 0 Å². The third kappa shape index (κ3) is 4.36. The number of nitrogens with two attached hydrogens (primary N) is 1. The lowest BCUT2D eigenvalue weighted by atomic mass is 9.72. The first-order valence-corrected chi connectivity index (χ1v) is 9.54. The fraction of sp³-hybridized carbons (Fsp3) is 0.381. The van der Waals surface area contributed by atoms with Crippen molar-refractivity contribution in [3.05, 3.63) is 65.3 Å². The minimum absolute atomic E-state index is 0.0181. The van der Waals surface area contributed by atoms with Crippen molar-refractivity contribution in [2.45, 2.75) is 32.1 Å². The molecule has 0 bridgehead atoms. The van der Waals surface area contributed by atoms with Crippen LogP contribution in [0.25, 0.3) is 0 Å². The topological polar surface area (TPSA) is 84.1 Å². The number of nitrogens with zero attached hydrogens (tertiary/aromatic N) is 3. The molecule has 2 aromatic rings. The number of aromatic nitrogens is 2. The van der Waals surface area contributed by atoms with Gasteiger partial charge in [-0.05, 0) is 50.5 Å². The van der Waals surface area contributed by atoms with E-state index in [2.05, 4.69) is 20.2 Å². The lowest BCUT2D eigenvalue weighted by Gasteiger charge is -2.43. The second kappa shape index (κ2) is 8.55. The maximum Gasteiger partial charge on any atom is 0.273 e. The Bertz CT molecular complexity index is 923. The predicted octanol–water partition coefficient (Wildman–Crippen LogP) is 3.02. The van der Waals surface area contributed by atoms with Gasteiger partial charge in [-0.1, -0.05) is 6.08 Å². The van der Waals surface area contributed by atoms with Crippen LogP contribution in [-0.4, -0.2) is 40.4 Å². The Morgan fingerprint density at radius 3 is 2.62 bits per heavy atom. The van der Waals surface area contributed by atoms with E-state index >= 15 is 0 Å². The second-order valence-electron chi connectivity index (χ2n) is 7.29. The molecule has 3 rings (SSSR count). The number of nitrogens with one attached hydrogen (secondary N) is 1. The van der Waals surface area contributed by atoms with Gasteiger partial charge < -0.3 is 16.0 Å². The van der Waals surface area contributed by atoms with Gasteiger partial charge in [0.1, 0.15) is 11.6 Å². The number of nitrogen functional groups attached to an aromatic ring is 1. The Labute approximate surface area is 168 Å². The van der Waals surface area contributed by atoms with Crippen LogP contribution < -0.4 is 11.1 Å². The molecule has 0 unspecified atom stereocenters. The van der Waals surface area contributed by atoms with Crippen LogP contribution >= 0.6 is 0 Å². The summed E-state index contributed by atoms with van der Waals surface area (Å²) in [4.78, 5) is 22.6. The fourth-order valence-electron chi connectivity index (χ4n) is 3.77. The number of hydrogen-bond donors (Lipinski definition) is 2. The van der Waals surface area contributed by atoms with Crippen molar-refractivity contribution in [1.82, 2.24) is 20.2 Å². The van der Waals surface area contributed by atoms with Crippen LogP contribution in [-0.2, 0) is 5.41 Å². The number of halogens is 2. The molecule has 0 aliphatic carbocycles. The quantitative estimate of drug-likeness (QED) is 0.805. The molecule has 154 valence electrons. The Morgan fingerprint density at radius 1 is 1.28 bits per heavy atom. The molecule has 0 saturated carbocycles. The first-order chi connectivity index (χ1) is 13.9. The van der Waals surface area contributed by atoms with E-state index in [-0.39, 0.29) is 23.6 Å². The van der Waals surface area contributed by atoms with Crippen molar-refractivity contribution in [3.63, 3.8) is 0 Å². The number of piperidine rings is 1. The van der Waals surface area contributed by atoms with Crippen molar-refractivity contribution in [2.75, 3.05) is 25.4 Å². The van der Waals surface area contributed by atoms with E-state index in [1.165, 1.54) is 18.5 Å². The summed E-state index contributed by atoms with van der Waals surface area (Å²) in [5, 5.41) is 2.81. The van der Waals surface area contributed by atoms with Crippen molar-refractivity contribution in [2.24, 2.45) is 0 Å². The smallest absolute Gasteiger partial charge is 0.273 e. The second-order valence-corrected chi connectivity index (χ2v) is 7.29. The lowest BCUT2D eigenvalue weighted by molar-refractivity contribution is 0.0923. The third-order valence-electron chi connectivity index (χ3n) is 5.67. The van der Waals surface area contributed by atoms with Gasteiger partial charge in [0.05, 0.1) is 0 Å². The van der Waals surface area contributed by atoms with E-state index in [9.17, 15) is 13.6 Å². The van der Waals surface area contributed by atoms with Gasteiger partial charge >= 0.3 is 0 Å². The Hall–Kier alpha value is -3.03. The molecular formula is C21H25F2N5O. The molecule has 1 saturated heterocycles. The number of hydrogen-bond acceptors (Lipinski definition) is 5. The van der Waals surface area contributed by atoms with Crippen LogP contribution in [0.1, 0.15) is 42.7 Å². The lowest BCUT2D eigenvalue weighted by Crippen LogP contribution is -2.49. The van der Waals surface area contributed by atoms with Gasteiger partial charge in [-0.3, -0.25) is 4.79 Å². The van der Waals surface area contributed by atoms with Gasteiger partial charge in [0.15, 0.2) is 11.5 Å². The van der Waals surface area contributed by atoms with Crippen LogP contribution in [0.3, 0.4) is 0 Å². The Balaban J connectivity index is 1.87. The number of allylic oxidation sites excluding steroid dienone is 2. The average molecular weight is 401 g/mol. The molecule has 3 N–H and O–H groups in total. The minimum atomic E-state index is -0.733. The van der Waals surface area contributed by atoms with Crippen molar-refractivity contribution < 1.29 is 13.6 Å². The van der Waals surface area contributed by atoms with Crippen molar-refractivity contribution in [3.8, 4) is 0 Å². The normalized spacial score (nSPS) is 16.6. The maximum absolute atomic E-state index is 14.7. The van der Waals surface area contributed by atoms with Crippen molar-refractivity contribution >= 4 is 11.7 Å². The van der Waals surface area contributed by atoms with Crippen LogP contribution in [0.2, 0.25) is 0 Å². The number of rotatable bonds is 5. The number of amides is 1. The maximum atomic E-state index is 14.7. The van der Waals surface area contributed by atoms with E-state index in [0.29, 0.717) is 25.9 Å². The molecular weight excluding hydrogens is 376 g/mol. The molecule has 1 aromatic carbocycles. The third-order valence-corrected chi connectivity index (χ3v) is 5.67. The van der Waals surface area contributed by atoms with E-state index in [4.69, 9.17) is 5.73 Å². The zero-order valence-electron chi connectivity index (χ0n) is 16.6. The van der Waals surface area contributed by atoms with E-state index in [0.717, 1.165) is 17.8 Å². The summed E-state index contributed by atoms with van der Waals surface area (Å²) in [6.45, 7) is 5.48. The summed E-state index contributed by atoms with van der Waals surface area (Å²) in [7, 11) is 0. The molecule has 1 fully saturated rings. The van der Waals surface area contributed by atoms with Crippen LogP contribution in [0, 0.1) is 11.6 Å². The summed E-state index contributed by atoms with van der Waals surface area (Å²) in [6, 6.07) is 3.47. The summed E-state index contributed by atoms with van der Waals surface area (Å²) >= 11 is 0. The molecule has 0 spiro atoms. The van der Waals surface area contributed by atoms with Gasteiger partial charge in [0.2, 0.25) is 0 Å². The molecule has 1 amide bonds. The highest BCUT2D eigenvalue weighted by Gasteiger charge is 2.39. The number of benzene rings is 1. The van der Waals surface area contributed by atoms with E-state index < -0.39 is 23.0 Å². The predicted molar refractivity (Wildman–Crippen MR) is 107 cm³/mol. The van der Waals surface area contributed by atoms with Gasteiger partial charge in [0.25, 0.3) is 5.91 Å². The summed E-state index contributed by atoms with van der Waals surface area (Å²) in [5.41, 5.74) is 6.43. The number of carbonyl (C=O) groups is 1. The molecule has 2 heterocycles. The molecule has 1 aromatic heterocycles. The zero-order valence-corrected chi connectivity index (χ0v) is 16.6. The molecule has 0 atom stereocenters. The SMILES string of the molecule is C/C=C(/C)N1CCC(CNC(=O)c2nccnc2N)(c2cc(F)ccc2F)CC1. The molecule has 0 radical (unpaired) electrons. The van der Waals surface area contributed by atoms with Gasteiger partial charge in [-0.2, -0.15) is 0 Å². The molecule has 6 nitrogen and oxygen atoms in total. The van der Waals surface area contributed by atoms with Crippen LogP contribution in [0.4, 0.5) is 14.6 Å². The average Bonchev–Trinajstić information content (AvgIpc) is 2.74. The Morgan fingerprint density at radius 2 is 1.97 bits per heavy atom. The zero-order chi connectivity index (χ0) is 21.0. The highest BCUT2D eigenvalue weighted by Crippen LogP contribution is 2.38. The number of carbonyl (C=O) groups excluding carboxylic acids is 1. The van der Waals surface area contributed by atoms with E-state index in [1.54, 1.807) is 0 Å². The summed E-state index contributed by atoms with van der Waals surface area (Å²) in [5.74, 6) is -1.44. The molecule has 1 aliphatic heterocycles. The summed E-state index contributed by atoms with van der Waals surface area (Å²) in [6.07, 6.45) is 5.93. The molecule has 1 aliphatic rings. The van der Waals surface area contributed by atoms with Gasteiger partial charge in [-0.25, -0.2) is 18.7 Å². The van der Waals surface area contributed by atoms with Gasteiger partial charge in [0, 0.05) is 43.1 Å². The molecule has 8 heteroatoms. The van der Waals surface area contributed by atoms with Gasteiger partial charge in [-0.15, -0.1) is 0 Å². The standard InChI is InChI=1S/C21H25F2N5O/c1-3-14(2)28-10-6-21(7-11-28,16-12-15(22)4-5-17(16)23)13-27-20(29)18-19(24)26-9-8-25-18/h3-5,8-9,12H,6-7,10-11,13H2,1-2H3,(H2,24,26)(H,27,29)/b14-3-. The van der Waals surface area contributed by atoms with Crippen LogP contribution in [0.5, 0.6) is 0 Å². The number of likely N-dealkylation sites (tertiary alicyclic amines) is 1. The monoisotopic (exact) mass is 401 g/mol. The first-order valence-electron chi connectivity index (χ1n) is 9.54. The first kappa shape index (κ1) is 20.7. The largest absolute Gasteiger partial charge is 0.382 e. The Kier molecular flexibility index (Phi) is 6.10. The van der Waals surface area contributed by atoms with E-state index in [1.807, 2.05) is 19.9 Å². The highest BCUT2D eigenvalue weighted by atomic mass is 19.1. The molecule has 29 heavy (non-hydrogen) atoms. The fourth-order valence-corrected chi connectivity index (χ4v) is 3.77. The minimum Gasteiger partial charge on any atom is -0.382 e. The number of anilines is 1. The highest BCUT2D eigenvalue weighted by molar-refractivity contribution is 5.96. The summed E-state index contributed by atoms with van der Waals surface area (Å²) < 4.78 is 28.6. The van der Waals surface area contributed by atoms with Crippen LogP contribution in [0.15, 0.2) is 42.4 Å².